The molecule has 0 aliphatic carbocycles. The lowest BCUT2D eigenvalue weighted by Crippen LogP contribution is -2.15. The maximum Gasteiger partial charge on any atom is 0.395 e. The zero-order chi connectivity index (χ0) is 21.4. The zero-order valence-corrected chi connectivity index (χ0v) is 15.7. The number of H-pyrrole nitrogens is 1. The lowest BCUT2D eigenvalue weighted by Gasteiger charge is -2.12. The maximum atomic E-state index is 11.7. The summed E-state index contributed by atoms with van der Waals surface area (Å²) < 4.78 is 15.7. The first kappa shape index (κ1) is 21.4. The molecule has 11 nitrogen and oxygen atoms in total. The molecule has 0 spiro atoms. The number of carbonyl (C=O) groups is 1. The van der Waals surface area contributed by atoms with Crippen LogP contribution in [0.1, 0.15) is 25.2 Å². The van der Waals surface area contributed by atoms with Gasteiger partial charge in [0.2, 0.25) is 0 Å². The molecule has 0 saturated carbocycles. The van der Waals surface area contributed by atoms with Crippen LogP contribution in [-0.4, -0.2) is 45.8 Å². The number of benzene rings is 1. The van der Waals surface area contributed by atoms with Gasteiger partial charge in [-0.2, -0.15) is 4.98 Å². The lowest BCUT2D eigenvalue weighted by molar-refractivity contribution is -0.387. The second-order valence-electron chi connectivity index (χ2n) is 5.45. The van der Waals surface area contributed by atoms with Crippen molar-refractivity contribution >= 4 is 23.8 Å². The van der Waals surface area contributed by atoms with E-state index in [2.05, 4.69) is 9.97 Å². The molecule has 0 unspecified atom stereocenters. The van der Waals surface area contributed by atoms with Crippen LogP contribution < -0.4 is 15.0 Å². The Morgan fingerprint density at radius 1 is 1.24 bits per heavy atom. The van der Waals surface area contributed by atoms with Crippen LogP contribution in [0.5, 0.6) is 17.4 Å². The van der Waals surface area contributed by atoms with Crippen LogP contribution >= 0.6 is 0 Å². The molecule has 0 saturated heterocycles. The van der Waals surface area contributed by atoms with Crippen LogP contribution in [0.2, 0.25) is 0 Å². The monoisotopic (exact) mass is 405 g/mol. The zero-order valence-electron chi connectivity index (χ0n) is 15.7. The van der Waals surface area contributed by atoms with Gasteiger partial charge in [0, 0.05) is 0 Å². The first-order valence-electron chi connectivity index (χ1n) is 8.56. The molecule has 154 valence electrons. The van der Waals surface area contributed by atoms with Gasteiger partial charge in [-0.15, -0.1) is 0 Å². The minimum atomic E-state index is -1.07. The van der Waals surface area contributed by atoms with Gasteiger partial charge in [-0.3, -0.25) is 14.9 Å². The van der Waals surface area contributed by atoms with E-state index in [4.69, 9.17) is 14.2 Å². The number of ether oxygens (including phenoxy) is 3. The number of nitrogens with zero attached hydrogens (tertiary/aromatic N) is 2. The van der Waals surface area contributed by atoms with Crippen molar-refractivity contribution in [1.29, 1.82) is 0 Å². The van der Waals surface area contributed by atoms with E-state index >= 15 is 0 Å². The summed E-state index contributed by atoms with van der Waals surface area (Å²) in [6.07, 6.45) is 2.90. The Morgan fingerprint density at radius 2 is 2.00 bits per heavy atom. The summed E-state index contributed by atoms with van der Waals surface area (Å²) in [7, 11) is 0. The fourth-order valence-electron chi connectivity index (χ4n) is 2.25. The molecule has 0 aliphatic rings. The Morgan fingerprint density at radius 3 is 2.62 bits per heavy atom. The molecule has 1 heterocycles. The predicted molar refractivity (Wildman–Crippen MR) is 102 cm³/mol. The number of nitro groups is 1. The number of rotatable bonds is 9. The molecule has 1 aromatic heterocycles. The highest BCUT2D eigenvalue weighted by molar-refractivity contribution is 5.72. The van der Waals surface area contributed by atoms with E-state index < -0.39 is 28.0 Å². The van der Waals surface area contributed by atoms with Gasteiger partial charge in [0.25, 0.3) is 5.88 Å². The van der Waals surface area contributed by atoms with Crippen LogP contribution in [0.3, 0.4) is 0 Å². The predicted octanol–water partition coefficient (Wildman–Crippen LogP) is 1.89. The van der Waals surface area contributed by atoms with E-state index in [-0.39, 0.29) is 19.0 Å². The number of hydrogen-bond acceptors (Lipinski definition) is 9. The Balaban J connectivity index is 2.22. The minimum Gasteiger partial charge on any atom is -0.490 e. The summed E-state index contributed by atoms with van der Waals surface area (Å²) in [6.45, 7) is 3.81. The maximum absolute atomic E-state index is 11.7. The number of aromatic nitrogens is 2. The van der Waals surface area contributed by atoms with E-state index in [1.165, 1.54) is 6.08 Å². The SMILES string of the molecule is CCOC(=O)COc1ccc(/C=C/c2nc(O)c([N+](=O)[O-])c(=O)[nH]2)cc1OCC. The largest absolute Gasteiger partial charge is 0.490 e. The van der Waals surface area contributed by atoms with Crippen LogP contribution in [0.25, 0.3) is 12.2 Å². The van der Waals surface area contributed by atoms with Crippen LogP contribution in [0, 0.1) is 10.1 Å². The fourth-order valence-corrected chi connectivity index (χ4v) is 2.25. The third-order valence-electron chi connectivity index (χ3n) is 3.43. The van der Waals surface area contributed by atoms with Crippen molar-refractivity contribution in [3.8, 4) is 17.4 Å². The third kappa shape index (κ3) is 5.79. The van der Waals surface area contributed by atoms with Crippen LogP contribution in [0.15, 0.2) is 23.0 Å². The van der Waals surface area contributed by atoms with E-state index in [0.29, 0.717) is 23.7 Å². The van der Waals surface area contributed by atoms with Crippen molar-refractivity contribution in [2.75, 3.05) is 19.8 Å². The van der Waals surface area contributed by atoms with Crippen molar-refractivity contribution in [2.24, 2.45) is 0 Å². The second kappa shape index (κ2) is 9.88. The van der Waals surface area contributed by atoms with Gasteiger partial charge in [-0.1, -0.05) is 12.1 Å². The number of aromatic hydroxyl groups is 1. The molecule has 29 heavy (non-hydrogen) atoms. The average molecular weight is 405 g/mol. The Hall–Kier alpha value is -3.89. The summed E-state index contributed by atoms with van der Waals surface area (Å²) in [4.78, 5) is 38.6. The Bertz CT molecular complexity index is 984. The molecule has 2 rings (SSSR count). The minimum absolute atomic E-state index is 0.0707. The van der Waals surface area contributed by atoms with Gasteiger partial charge in [0.1, 0.15) is 5.82 Å². The number of aromatic amines is 1. The average Bonchev–Trinajstić information content (AvgIpc) is 2.65. The van der Waals surface area contributed by atoms with Crippen molar-refractivity contribution in [1.82, 2.24) is 9.97 Å². The standard InChI is InChI=1S/C18H19N3O8/c1-3-27-13-9-11(5-7-12(13)29-10-15(22)28-4-2)6-8-14-19-17(23)16(21(25)26)18(24)20-14/h5-9H,3-4,10H2,1-2H3,(H2,19,20,23,24)/b8-6+. The number of nitrogens with one attached hydrogen (secondary N) is 1. The quantitative estimate of drug-likeness (QED) is 0.361. The van der Waals surface area contributed by atoms with Gasteiger partial charge in [0.05, 0.1) is 18.1 Å². The van der Waals surface area contributed by atoms with Crippen molar-refractivity contribution in [2.45, 2.75) is 13.8 Å². The number of carbonyl (C=O) groups excluding carboxylic acids is 1. The summed E-state index contributed by atoms with van der Waals surface area (Å²) in [6, 6.07) is 4.88. The summed E-state index contributed by atoms with van der Waals surface area (Å²) in [5, 5.41) is 20.3. The lowest BCUT2D eigenvalue weighted by atomic mass is 10.2. The molecular formula is C18H19N3O8. The second-order valence-corrected chi connectivity index (χ2v) is 5.45. The first-order chi connectivity index (χ1) is 13.8. The molecular weight excluding hydrogens is 386 g/mol. The molecule has 2 N–H and O–H groups in total. The van der Waals surface area contributed by atoms with E-state index in [0.717, 1.165) is 0 Å². The molecule has 0 fully saturated rings. The molecule has 11 heteroatoms. The van der Waals surface area contributed by atoms with Gasteiger partial charge < -0.3 is 24.3 Å². The smallest absolute Gasteiger partial charge is 0.395 e. The van der Waals surface area contributed by atoms with E-state index in [1.807, 2.05) is 0 Å². The molecule has 1 aromatic carbocycles. The summed E-state index contributed by atoms with van der Waals surface area (Å²) >= 11 is 0. The highest BCUT2D eigenvalue weighted by atomic mass is 16.6. The third-order valence-corrected chi connectivity index (χ3v) is 3.43. The molecule has 0 aliphatic heterocycles. The van der Waals surface area contributed by atoms with Gasteiger partial charge in [0.15, 0.2) is 18.1 Å². The fraction of sp³-hybridized carbons (Fsp3) is 0.278. The van der Waals surface area contributed by atoms with Gasteiger partial charge in [-0.05, 0) is 37.6 Å². The topological polar surface area (TPSA) is 154 Å². The molecule has 0 bridgehead atoms. The molecule has 0 amide bonds. The Kier molecular flexibility index (Phi) is 7.29. The van der Waals surface area contributed by atoms with E-state index in [9.17, 15) is 24.8 Å². The number of esters is 1. The normalized spacial score (nSPS) is 10.7. The van der Waals surface area contributed by atoms with Gasteiger partial charge >= 0.3 is 17.2 Å². The summed E-state index contributed by atoms with van der Waals surface area (Å²) in [5.74, 6) is -0.828. The van der Waals surface area contributed by atoms with Gasteiger partial charge in [-0.25, -0.2) is 4.79 Å². The van der Waals surface area contributed by atoms with Crippen LogP contribution in [-0.2, 0) is 9.53 Å². The summed E-state index contributed by atoms with van der Waals surface area (Å²) in [5.41, 5.74) is -1.47. The first-order valence-corrected chi connectivity index (χ1v) is 8.56. The number of hydrogen-bond donors (Lipinski definition) is 2. The van der Waals surface area contributed by atoms with Crippen LogP contribution in [0.4, 0.5) is 5.69 Å². The Labute approximate surface area is 164 Å². The molecule has 0 atom stereocenters. The molecule has 2 aromatic rings. The highest BCUT2D eigenvalue weighted by Gasteiger charge is 2.21. The van der Waals surface area contributed by atoms with E-state index in [1.54, 1.807) is 38.1 Å². The highest BCUT2D eigenvalue weighted by Crippen LogP contribution is 2.29. The van der Waals surface area contributed by atoms with Crippen molar-refractivity contribution < 1.29 is 29.0 Å². The molecule has 0 radical (unpaired) electrons. The van der Waals surface area contributed by atoms with Crippen molar-refractivity contribution in [3.63, 3.8) is 0 Å². The van der Waals surface area contributed by atoms with Crippen molar-refractivity contribution in [3.05, 3.63) is 50.1 Å².